The van der Waals surface area contributed by atoms with E-state index in [1.165, 1.54) is 48.7 Å². The Morgan fingerprint density at radius 3 is 2.09 bits per heavy atom. The average Bonchev–Trinajstić information content (AvgIpc) is 2.84. The minimum atomic E-state index is -4.11. The predicted octanol–water partition coefficient (Wildman–Crippen LogP) is 5.81. The van der Waals surface area contributed by atoms with Crippen LogP contribution >= 0.6 is 0 Å². The highest BCUT2D eigenvalue weighted by Crippen LogP contribution is 2.21. The van der Waals surface area contributed by atoms with Crippen LogP contribution in [0.2, 0.25) is 0 Å². The smallest absolute Gasteiger partial charge is 0.350 e. The minimum Gasteiger partial charge on any atom is -0.462 e. The van der Waals surface area contributed by atoms with E-state index in [1.54, 1.807) is 42.5 Å². The molecule has 0 bridgehead atoms. The lowest BCUT2D eigenvalue weighted by atomic mass is 10.1. The number of para-hydroxylation sites is 1. The summed E-state index contributed by atoms with van der Waals surface area (Å²) in [5.74, 6) is -1.16. The van der Waals surface area contributed by atoms with Crippen LogP contribution in [0.1, 0.15) is 52.4 Å². The molecule has 2 aromatic carbocycles. The Morgan fingerprint density at radius 1 is 0.882 bits per heavy atom. The molecular formula is C27H33NO5S. The number of nitrogens with zero attached hydrogens (tertiary/aromatic N) is 1. The van der Waals surface area contributed by atoms with E-state index in [-0.39, 0.29) is 17.4 Å². The second-order valence-electron chi connectivity index (χ2n) is 7.82. The zero-order valence-corrected chi connectivity index (χ0v) is 20.7. The van der Waals surface area contributed by atoms with Crippen molar-refractivity contribution in [1.82, 2.24) is 0 Å². The van der Waals surface area contributed by atoms with Gasteiger partial charge in [-0.3, -0.25) is 9.69 Å². The van der Waals surface area contributed by atoms with Crippen molar-refractivity contribution in [2.24, 2.45) is 0 Å². The summed E-state index contributed by atoms with van der Waals surface area (Å²) in [4.78, 5) is 25.8. The number of benzene rings is 2. The highest BCUT2D eigenvalue weighted by molar-refractivity contribution is 7.96. The van der Waals surface area contributed by atoms with Gasteiger partial charge in [0.25, 0.3) is 0 Å². The van der Waals surface area contributed by atoms with Crippen molar-refractivity contribution in [3.05, 3.63) is 83.9 Å². The van der Waals surface area contributed by atoms with E-state index in [0.717, 1.165) is 25.7 Å². The Kier molecular flexibility index (Phi) is 11.3. The summed E-state index contributed by atoms with van der Waals surface area (Å²) in [5, 5.41) is 0. The Hall–Kier alpha value is -3.19. The fourth-order valence-corrected chi connectivity index (χ4v) is 4.60. The minimum absolute atomic E-state index is 0.00218. The topological polar surface area (TPSA) is 80.8 Å². The monoisotopic (exact) mass is 483 g/mol. The van der Waals surface area contributed by atoms with Gasteiger partial charge >= 0.3 is 5.97 Å². The number of esters is 1. The van der Waals surface area contributed by atoms with Crippen molar-refractivity contribution in [3.8, 4) is 0 Å². The molecule has 0 saturated carbocycles. The van der Waals surface area contributed by atoms with Crippen molar-refractivity contribution < 1.29 is 22.7 Å². The molecule has 0 heterocycles. The van der Waals surface area contributed by atoms with Crippen LogP contribution in [-0.2, 0) is 24.2 Å². The summed E-state index contributed by atoms with van der Waals surface area (Å²) in [6.45, 7) is 3.70. The third-order valence-corrected chi connectivity index (χ3v) is 6.91. The van der Waals surface area contributed by atoms with Gasteiger partial charge in [-0.2, -0.15) is 0 Å². The summed E-state index contributed by atoms with van der Waals surface area (Å²) in [7, 11) is -4.11. The number of ether oxygens (including phenoxy) is 1. The van der Waals surface area contributed by atoms with Crippen molar-refractivity contribution in [1.29, 1.82) is 0 Å². The number of amides is 1. The van der Waals surface area contributed by atoms with E-state index in [0.29, 0.717) is 12.1 Å². The molecule has 2 aromatic rings. The largest absolute Gasteiger partial charge is 0.462 e. The Labute approximate surface area is 202 Å². The van der Waals surface area contributed by atoms with Crippen molar-refractivity contribution in [3.63, 3.8) is 0 Å². The average molecular weight is 484 g/mol. The zero-order valence-electron chi connectivity index (χ0n) is 19.9. The van der Waals surface area contributed by atoms with Crippen LogP contribution in [0.4, 0.5) is 5.69 Å². The van der Waals surface area contributed by atoms with E-state index >= 15 is 0 Å². The first kappa shape index (κ1) is 27.1. The van der Waals surface area contributed by atoms with Crippen molar-refractivity contribution >= 4 is 27.4 Å². The van der Waals surface area contributed by atoms with Gasteiger partial charge in [0, 0.05) is 18.8 Å². The van der Waals surface area contributed by atoms with E-state index in [1.807, 2.05) is 6.07 Å². The predicted molar refractivity (Wildman–Crippen MR) is 135 cm³/mol. The van der Waals surface area contributed by atoms with Crippen LogP contribution in [0.25, 0.3) is 0 Å². The highest BCUT2D eigenvalue weighted by atomic mass is 32.2. The molecule has 6 nitrogen and oxygen atoms in total. The van der Waals surface area contributed by atoms with Crippen molar-refractivity contribution in [2.45, 2.75) is 57.3 Å². The van der Waals surface area contributed by atoms with Gasteiger partial charge in [0.15, 0.2) is 4.91 Å². The van der Waals surface area contributed by atoms with Crippen LogP contribution in [0.15, 0.2) is 88.8 Å². The Morgan fingerprint density at radius 2 is 1.47 bits per heavy atom. The first-order valence-corrected chi connectivity index (χ1v) is 13.1. The van der Waals surface area contributed by atoms with Crippen LogP contribution in [0.5, 0.6) is 0 Å². The van der Waals surface area contributed by atoms with E-state index in [2.05, 4.69) is 6.92 Å². The maximum Gasteiger partial charge on any atom is 0.350 e. The molecule has 0 radical (unpaired) electrons. The molecule has 0 saturated heterocycles. The lowest BCUT2D eigenvalue weighted by Gasteiger charge is -2.16. The first-order chi connectivity index (χ1) is 16.4. The molecule has 0 spiro atoms. The number of hydrogen-bond donors (Lipinski definition) is 0. The number of allylic oxidation sites excluding steroid dienone is 2. The molecule has 7 heteroatoms. The normalized spacial score (nSPS) is 12.0. The number of carbonyl (C=O) groups is 2. The molecule has 0 atom stereocenters. The van der Waals surface area contributed by atoms with Crippen LogP contribution < -0.4 is 4.90 Å². The molecule has 1 amide bonds. The van der Waals surface area contributed by atoms with E-state index < -0.39 is 20.7 Å². The molecule has 2 rings (SSSR count). The molecule has 0 fully saturated rings. The first-order valence-electron chi connectivity index (χ1n) is 11.6. The third kappa shape index (κ3) is 8.30. The zero-order chi connectivity index (χ0) is 24.8. The summed E-state index contributed by atoms with van der Waals surface area (Å²) in [6.07, 6.45) is 10.1. The molecule has 0 N–H and O–H groups in total. The van der Waals surface area contributed by atoms with Gasteiger partial charge in [-0.05, 0) is 42.8 Å². The van der Waals surface area contributed by atoms with Gasteiger partial charge in [0.1, 0.15) is 0 Å². The molecule has 0 unspecified atom stereocenters. The number of unbranched alkanes of at least 4 members (excludes halogenated alkanes) is 5. The lowest BCUT2D eigenvalue weighted by molar-refractivity contribution is -0.138. The Balaban J connectivity index is 2.23. The standard InChI is InChI=1S/C27H33NO5S/c1-3-4-5-6-7-14-22-33-27(30)26(34(31,32)25-18-12-9-13-19-25)20-15-21-28(23(2)29)24-16-10-8-11-17-24/h8-13,15-21H,3-7,14,22H2,1-2H3. The van der Waals surface area contributed by atoms with Gasteiger partial charge in [0.2, 0.25) is 15.7 Å². The number of rotatable bonds is 13. The third-order valence-electron chi connectivity index (χ3n) is 5.13. The molecule has 0 aliphatic heterocycles. The molecular weight excluding hydrogens is 450 g/mol. The SMILES string of the molecule is CCCCCCCCOC(=O)C(=CC=CN(C(C)=O)c1ccccc1)S(=O)(=O)c1ccccc1. The fraction of sp³-hybridized carbons (Fsp3) is 0.333. The van der Waals surface area contributed by atoms with E-state index in [4.69, 9.17) is 4.74 Å². The number of hydrogen-bond acceptors (Lipinski definition) is 5. The highest BCUT2D eigenvalue weighted by Gasteiger charge is 2.27. The van der Waals surface area contributed by atoms with Crippen molar-refractivity contribution in [2.75, 3.05) is 11.5 Å². The van der Waals surface area contributed by atoms with Gasteiger partial charge in [0.05, 0.1) is 11.5 Å². The summed E-state index contributed by atoms with van der Waals surface area (Å²) in [5.41, 5.74) is 0.623. The second kappa shape index (κ2) is 14.2. The van der Waals surface area contributed by atoms with Crippen LogP contribution in [-0.4, -0.2) is 26.9 Å². The lowest BCUT2D eigenvalue weighted by Crippen LogP contribution is -2.21. The molecule has 182 valence electrons. The molecule has 0 aromatic heterocycles. The van der Waals surface area contributed by atoms with Gasteiger partial charge < -0.3 is 4.74 Å². The molecule has 34 heavy (non-hydrogen) atoms. The summed E-state index contributed by atoms with van der Waals surface area (Å²) < 4.78 is 31.7. The molecule has 0 aliphatic rings. The maximum absolute atomic E-state index is 13.2. The maximum atomic E-state index is 13.2. The number of carbonyl (C=O) groups excluding carboxylic acids is 2. The van der Waals surface area contributed by atoms with Crippen LogP contribution in [0.3, 0.4) is 0 Å². The number of sulfone groups is 1. The quantitative estimate of drug-likeness (QED) is 0.155. The Bertz CT molecular complexity index is 1080. The van der Waals surface area contributed by atoms with Gasteiger partial charge in [-0.25, -0.2) is 13.2 Å². The number of anilines is 1. The molecule has 0 aliphatic carbocycles. The summed E-state index contributed by atoms with van der Waals surface area (Å²) in [6, 6.07) is 16.7. The fourth-order valence-electron chi connectivity index (χ4n) is 3.29. The van der Waals surface area contributed by atoms with Crippen LogP contribution in [0, 0.1) is 0 Å². The van der Waals surface area contributed by atoms with E-state index in [9.17, 15) is 18.0 Å². The van der Waals surface area contributed by atoms with Gasteiger partial charge in [-0.15, -0.1) is 0 Å². The summed E-state index contributed by atoms with van der Waals surface area (Å²) >= 11 is 0. The van der Waals surface area contributed by atoms with Gasteiger partial charge in [-0.1, -0.05) is 75.4 Å². The second-order valence-corrected chi connectivity index (χ2v) is 9.74.